The van der Waals surface area contributed by atoms with E-state index >= 15 is 0 Å². The third-order valence-corrected chi connectivity index (χ3v) is 1.96. The quantitative estimate of drug-likeness (QED) is 0.392. The predicted octanol–water partition coefficient (Wildman–Crippen LogP) is 0.355. The van der Waals surface area contributed by atoms with Gasteiger partial charge in [-0.2, -0.15) is 0 Å². The van der Waals surface area contributed by atoms with Gasteiger partial charge in [-0.1, -0.05) is 6.07 Å². The number of anilines is 1. The number of aliphatic hydroxyl groups excluding tert-OH is 1. The van der Waals surface area contributed by atoms with Crippen molar-refractivity contribution in [2.45, 2.75) is 19.1 Å². The van der Waals surface area contributed by atoms with Crippen LogP contribution in [0.25, 0.3) is 0 Å². The number of hydrogen-bond donors (Lipinski definition) is 4. The van der Waals surface area contributed by atoms with E-state index in [1.165, 1.54) is 6.07 Å². The highest BCUT2D eigenvalue weighted by Crippen LogP contribution is 2.24. The number of nitrogen functional groups attached to an aromatic ring is 1. The molecule has 0 saturated heterocycles. The molecule has 6 N–H and O–H groups in total. The zero-order chi connectivity index (χ0) is 10.0. The number of phenolic OH excluding ortho intramolecular Hbond substituents is 1. The zero-order valence-corrected chi connectivity index (χ0v) is 7.44. The lowest BCUT2D eigenvalue weighted by Gasteiger charge is -2.15. The van der Waals surface area contributed by atoms with Crippen molar-refractivity contribution >= 4 is 5.69 Å². The smallest absolute Gasteiger partial charge is 0.138 e. The van der Waals surface area contributed by atoms with Crippen LogP contribution in [0.1, 0.15) is 18.5 Å². The number of benzene rings is 1. The van der Waals surface area contributed by atoms with Gasteiger partial charge in [0.25, 0.3) is 0 Å². The molecule has 72 valence electrons. The van der Waals surface area contributed by atoms with Gasteiger partial charge in [-0.3, -0.25) is 0 Å². The molecule has 13 heavy (non-hydrogen) atoms. The summed E-state index contributed by atoms with van der Waals surface area (Å²) in [4.78, 5) is 0. The first kappa shape index (κ1) is 9.83. The molecule has 1 aromatic carbocycles. The normalized spacial score (nSPS) is 15.3. The van der Waals surface area contributed by atoms with E-state index < -0.39 is 12.1 Å². The molecular weight excluding hydrogens is 168 g/mol. The fourth-order valence-corrected chi connectivity index (χ4v) is 1.06. The van der Waals surface area contributed by atoms with Crippen LogP contribution in [0.3, 0.4) is 0 Å². The molecule has 0 bridgehead atoms. The Morgan fingerprint density at radius 3 is 2.46 bits per heavy atom. The molecule has 0 amide bonds. The molecular formula is C9H14N2O2. The molecule has 0 aliphatic rings. The Kier molecular flexibility index (Phi) is 2.75. The van der Waals surface area contributed by atoms with Crippen molar-refractivity contribution in [3.05, 3.63) is 23.8 Å². The molecule has 4 heteroatoms. The number of aromatic hydroxyl groups is 1. The average Bonchev–Trinajstić information content (AvgIpc) is 2.08. The standard InChI is InChI=1S/C9H14N2O2/c1-5(12)9(11)6-2-3-8(13)7(10)4-6/h2-5,9,12-13H,10-11H2,1H3/t5?,9-/m1/s1. The molecule has 1 rings (SSSR count). The van der Waals surface area contributed by atoms with E-state index in [1.807, 2.05) is 0 Å². The van der Waals surface area contributed by atoms with Gasteiger partial charge in [-0.15, -0.1) is 0 Å². The molecule has 0 aliphatic heterocycles. The first-order valence-electron chi connectivity index (χ1n) is 4.04. The van der Waals surface area contributed by atoms with Crippen LogP contribution in [-0.4, -0.2) is 16.3 Å². The molecule has 0 radical (unpaired) electrons. The summed E-state index contributed by atoms with van der Waals surface area (Å²) < 4.78 is 0. The molecule has 0 saturated carbocycles. The summed E-state index contributed by atoms with van der Waals surface area (Å²) in [6, 6.07) is 4.20. The molecule has 0 spiro atoms. The van der Waals surface area contributed by atoms with Crippen LogP contribution in [0.15, 0.2) is 18.2 Å². The Hall–Kier alpha value is -1.26. The number of aliphatic hydroxyl groups is 1. The second-order valence-corrected chi connectivity index (χ2v) is 3.08. The molecule has 0 aliphatic carbocycles. The Labute approximate surface area is 76.8 Å². The minimum atomic E-state index is -0.635. The number of hydrogen-bond acceptors (Lipinski definition) is 4. The maximum Gasteiger partial charge on any atom is 0.138 e. The minimum absolute atomic E-state index is 0.0292. The molecule has 0 fully saturated rings. The minimum Gasteiger partial charge on any atom is -0.506 e. The summed E-state index contributed by atoms with van der Waals surface area (Å²) in [5.41, 5.74) is 12.1. The first-order chi connectivity index (χ1) is 6.02. The van der Waals surface area contributed by atoms with Crippen molar-refractivity contribution in [2.24, 2.45) is 5.73 Å². The van der Waals surface area contributed by atoms with Crippen LogP contribution in [0, 0.1) is 0 Å². The average molecular weight is 182 g/mol. The summed E-state index contributed by atoms with van der Waals surface area (Å²) in [5, 5.41) is 18.3. The molecule has 2 atom stereocenters. The Balaban J connectivity index is 2.97. The van der Waals surface area contributed by atoms with Crippen molar-refractivity contribution in [2.75, 3.05) is 5.73 Å². The third-order valence-electron chi connectivity index (χ3n) is 1.96. The van der Waals surface area contributed by atoms with Crippen LogP contribution in [0.5, 0.6) is 5.75 Å². The van der Waals surface area contributed by atoms with Gasteiger partial charge >= 0.3 is 0 Å². The topological polar surface area (TPSA) is 92.5 Å². The highest BCUT2D eigenvalue weighted by atomic mass is 16.3. The summed E-state index contributed by atoms with van der Waals surface area (Å²) >= 11 is 0. The predicted molar refractivity (Wildman–Crippen MR) is 51.1 cm³/mol. The van der Waals surface area contributed by atoms with Crippen molar-refractivity contribution in [1.82, 2.24) is 0 Å². The third kappa shape index (κ3) is 2.11. The fourth-order valence-electron chi connectivity index (χ4n) is 1.06. The summed E-state index contributed by atoms with van der Waals surface area (Å²) in [6.07, 6.45) is -0.635. The van der Waals surface area contributed by atoms with Gasteiger partial charge in [0.05, 0.1) is 17.8 Å². The van der Waals surface area contributed by atoms with Crippen LogP contribution >= 0.6 is 0 Å². The fraction of sp³-hybridized carbons (Fsp3) is 0.333. The van der Waals surface area contributed by atoms with E-state index in [0.717, 1.165) is 0 Å². The van der Waals surface area contributed by atoms with E-state index in [-0.39, 0.29) is 11.4 Å². The second-order valence-electron chi connectivity index (χ2n) is 3.08. The Morgan fingerprint density at radius 1 is 1.38 bits per heavy atom. The van der Waals surface area contributed by atoms with Crippen LogP contribution < -0.4 is 11.5 Å². The van der Waals surface area contributed by atoms with Gasteiger partial charge in [0.15, 0.2) is 0 Å². The SMILES string of the molecule is CC(O)[C@@H](N)c1ccc(O)c(N)c1. The van der Waals surface area contributed by atoms with E-state index in [0.29, 0.717) is 5.56 Å². The molecule has 0 heterocycles. The van der Waals surface area contributed by atoms with Crippen LogP contribution in [-0.2, 0) is 0 Å². The van der Waals surface area contributed by atoms with Gasteiger partial charge in [-0.25, -0.2) is 0 Å². The van der Waals surface area contributed by atoms with Gasteiger partial charge in [0, 0.05) is 0 Å². The van der Waals surface area contributed by atoms with E-state index in [9.17, 15) is 5.11 Å². The Morgan fingerprint density at radius 2 is 2.00 bits per heavy atom. The maximum atomic E-state index is 9.21. The molecule has 0 aromatic heterocycles. The largest absolute Gasteiger partial charge is 0.506 e. The summed E-state index contributed by atoms with van der Waals surface area (Å²) in [5.74, 6) is 0.0292. The van der Waals surface area contributed by atoms with Crippen molar-refractivity contribution in [3.8, 4) is 5.75 Å². The highest BCUT2D eigenvalue weighted by Gasteiger charge is 2.12. The second kappa shape index (κ2) is 3.64. The van der Waals surface area contributed by atoms with Gasteiger partial charge in [0.1, 0.15) is 5.75 Å². The van der Waals surface area contributed by atoms with Gasteiger partial charge in [0.2, 0.25) is 0 Å². The van der Waals surface area contributed by atoms with Crippen LogP contribution in [0.2, 0.25) is 0 Å². The lowest BCUT2D eigenvalue weighted by Crippen LogP contribution is -2.23. The number of nitrogens with two attached hydrogens (primary N) is 2. The van der Waals surface area contributed by atoms with Crippen molar-refractivity contribution in [1.29, 1.82) is 0 Å². The van der Waals surface area contributed by atoms with Crippen molar-refractivity contribution in [3.63, 3.8) is 0 Å². The lowest BCUT2D eigenvalue weighted by molar-refractivity contribution is 0.164. The first-order valence-corrected chi connectivity index (χ1v) is 4.04. The molecule has 1 aromatic rings. The number of rotatable bonds is 2. The lowest BCUT2D eigenvalue weighted by atomic mass is 10.0. The maximum absolute atomic E-state index is 9.21. The zero-order valence-electron chi connectivity index (χ0n) is 7.44. The summed E-state index contributed by atoms with van der Waals surface area (Å²) in [7, 11) is 0. The molecule has 1 unspecified atom stereocenters. The highest BCUT2D eigenvalue weighted by molar-refractivity contribution is 5.53. The van der Waals surface area contributed by atoms with E-state index in [4.69, 9.17) is 16.6 Å². The van der Waals surface area contributed by atoms with E-state index in [1.54, 1.807) is 19.1 Å². The molecule has 4 nitrogen and oxygen atoms in total. The monoisotopic (exact) mass is 182 g/mol. The van der Waals surface area contributed by atoms with Crippen LogP contribution in [0.4, 0.5) is 5.69 Å². The van der Waals surface area contributed by atoms with Crippen molar-refractivity contribution < 1.29 is 10.2 Å². The number of phenols is 1. The summed E-state index contributed by atoms with van der Waals surface area (Å²) in [6.45, 7) is 1.60. The Bertz CT molecular complexity index is 300. The van der Waals surface area contributed by atoms with Gasteiger partial charge in [-0.05, 0) is 24.6 Å². The van der Waals surface area contributed by atoms with Gasteiger partial charge < -0.3 is 21.7 Å². The van der Waals surface area contributed by atoms with E-state index in [2.05, 4.69) is 0 Å².